The van der Waals surface area contributed by atoms with Crippen LogP contribution in [-0.4, -0.2) is 36.6 Å². The Labute approximate surface area is 159 Å². The minimum Gasteiger partial charge on any atom is -0.454 e. The highest BCUT2D eigenvalue weighted by Gasteiger charge is 2.34. The molecule has 1 aliphatic carbocycles. The summed E-state index contributed by atoms with van der Waals surface area (Å²) in [5, 5.41) is 3.02. The fourth-order valence-corrected chi connectivity index (χ4v) is 3.98. The van der Waals surface area contributed by atoms with Crippen LogP contribution >= 0.6 is 0 Å². The molecule has 6 heteroatoms. The SMILES string of the molecule is O=C(NCCC1=CCCCC1)C1CC(=O)N(Cc2ccc3c(c2)OCO3)C1. The van der Waals surface area contributed by atoms with Crippen LogP contribution in [0.1, 0.15) is 44.1 Å². The lowest BCUT2D eigenvalue weighted by Gasteiger charge is -2.17. The van der Waals surface area contributed by atoms with Gasteiger partial charge in [0.25, 0.3) is 0 Å². The van der Waals surface area contributed by atoms with E-state index in [0.717, 1.165) is 30.6 Å². The van der Waals surface area contributed by atoms with Gasteiger partial charge in [0.1, 0.15) is 0 Å². The lowest BCUT2D eigenvalue weighted by Crippen LogP contribution is -2.33. The second-order valence-electron chi connectivity index (χ2n) is 7.51. The van der Waals surface area contributed by atoms with E-state index in [0.29, 0.717) is 31.8 Å². The first kappa shape index (κ1) is 17.9. The van der Waals surface area contributed by atoms with E-state index in [1.807, 2.05) is 18.2 Å². The fraction of sp³-hybridized carbons (Fsp3) is 0.524. The van der Waals surface area contributed by atoms with Gasteiger partial charge in [-0.3, -0.25) is 9.59 Å². The van der Waals surface area contributed by atoms with E-state index in [1.165, 1.54) is 18.4 Å². The number of carbonyl (C=O) groups excluding carboxylic acids is 2. The number of rotatable bonds is 6. The molecule has 2 aliphatic heterocycles. The van der Waals surface area contributed by atoms with Crippen LogP contribution in [-0.2, 0) is 16.1 Å². The van der Waals surface area contributed by atoms with Gasteiger partial charge in [-0.25, -0.2) is 0 Å². The molecule has 144 valence electrons. The van der Waals surface area contributed by atoms with E-state index in [9.17, 15) is 9.59 Å². The van der Waals surface area contributed by atoms with Crippen molar-refractivity contribution in [1.82, 2.24) is 10.2 Å². The number of hydrogen-bond acceptors (Lipinski definition) is 4. The Balaban J connectivity index is 1.26. The van der Waals surface area contributed by atoms with Gasteiger partial charge in [-0.2, -0.15) is 0 Å². The topological polar surface area (TPSA) is 67.9 Å². The van der Waals surface area contributed by atoms with Crippen LogP contribution in [0.15, 0.2) is 29.8 Å². The standard InChI is InChI=1S/C21H26N2O4/c24-20-11-17(21(25)22-9-8-15-4-2-1-3-5-15)13-23(20)12-16-6-7-18-19(10-16)27-14-26-18/h4,6-7,10,17H,1-3,5,8-9,11-14H2,(H,22,25). The van der Waals surface area contributed by atoms with Crippen molar-refractivity contribution < 1.29 is 19.1 Å². The molecule has 1 aromatic carbocycles. The summed E-state index contributed by atoms with van der Waals surface area (Å²) in [6.07, 6.45) is 8.37. The van der Waals surface area contributed by atoms with Crippen LogP contribution in [0.5, 0.6) is 11.5 Å². The van der Waals surface area contributed by atoms with Gasteiger partial charge in [0.05, 0.1) is 5.92 Å². The van der Waals surface area contributed by atoms with Crippen molar-refractivity contribution in [2.75, 3.05) is 19.9 Å². The zero-order chi connectivity index (χ0) is 18.6. The number of carbonyl (C=O) groups is 2. The summed E-state index contributed by atoms with van der Waals surface area (Å²) in [6.45, 7) is 1.87. The Kier molecular flexibility index (Phi) is 5.32. The number of fused-ring (bicyclic) bond motifs is 1. The average molecular weight is 370 g/mol. The third kappa shape index (κ3) is 4.26. The normalized spacial score (nSPS) is 21.3. The number of nitrogens with zero attached hydrogens (tertiary/aromatic N) is 1. The highest BCUT2D eigenvalue weighted by atomic mass is 16.7. The molecule has 0 bridgehead atoms. The summed E-state index contributed by atoms with van der Waals surface area (Å²) in [4.78, 5) is 26.5. The van der Waals surface area contributed by atoms with E-state index in [4.69, 9.17) is 9.47 Å². The Morgan fingerprint density at radius 3 is 2.96 bits per heavy atom. The number of ether oxygens (including phenoxy) is 2. The molecule has 0 aromatic heterocycles. The molecule has 6 nitrogen and oxygen atoms in total. The zero-order valence-electron chi connectivity index (χ0n) is 15.5. The quantitative estimate of drug-likeness (QED) is 0.782. The highest BCUT2D eigenvalue weighted by molar-refractivity contribution is 5.89. The van der Waals surface area contributed by atoms with Crippen molar-refractivity contribution in [3.8, 4) is 11.5 Å². The molecule has 2 heterocycles. The number of likely N-dealkylation sites (tertiary alicyclic amines) is 1. The van der Waals surface area contributed by atoms with Crippen molar-refractivity contribution in [2.24, 2.45) is 5.92 Å². The van der Waals surface area contributed by atoms with Gasteiger partial charge in [0.15, 0.2) is 11.5 Å². The molecule has 27 heavy (non-hydrogen) atoms. The first-order valence-electron chi connectivity index (χ1n) is 9.81. The van der Waals surface area contributed by atoms with Crippen LogP contribution in [0.2, 0.25) is 0 Å². The molecule has 1 unspecified atom stereocenters. The Hall–Kier alpha value is -2.50. The van der Waals surface area contributed by atoms with Crippen molar-refractivity contribution in [3.63, 3.8) is 0 Å². The van der Waals surface area contributed by atoms with Gasteiger partial charge in [-0.1, -0.05) is 17.7 Å². The third-order valence-corrected chi connectivity index (χ3v) is 5.53. The largest absolute Gasteiger partial charge is 0.454 e. The van der Waals surface area contributed by atoms with E-state index in [1.54, 1.807) is 4.90 Å². The second kappa shape index (κ2) is 8.03. The minimum atomic E-state index is -0.258. The fourth-order valence-electron chi connectivity index (χ4n) is 3.98. The second-order valence-corrected chi connectivity index (χ2v) is 7.51. The van der Waals surface area contributed by atoms with Crippen LogP contribution < -0.4 is 14.8 Å². The van der Waals surface area contributed by atoms with Gasteiger partial charge in [0.2, 0.25) is 18.6 Å². The Bertz CT molecular complexity index is 759. The molecule has 0 saturated carbocycles. The lowest BCUT2D eigenvalue weighted by atomic mass is 9.97. The van der Waals surface area contributed by atoms with E-state index >= 15 is 0 Å². The Morgan fingerprint density at radius 2 is 2.11 bits per heavy atom. The molecule has 1 atom stereocenters. The number of benzene rings is 1. The molecule has 1 fully saturated rings. The zero-order valence-corrected chi connectivity index (χ0v) is 15.5. The smallest absolute Gasteiger partial charge is 0.231 e. The Morgan fingerprint density at radius 1 is 1.22 bits per heavy atom. The maximum atomic E-state index is 12.4. The monoisotopic (exact) mass is 370 g/mol. The molecule has 3 aliphatic rings. The van der Waals surface area contributed by atoms with Crippen molar-refractivity contribution >= 4 is 11.8 Å². The predicted molar refractivity (Wildman–Crippen MR) is 100 cm³/mol. The van der Waals surface area contributed by atoms with Gasteiger partial charge in [-0.05, 0) is 49.8 Å². The predicted octanol–water partition coefficient (Wildman–Crippen LogP) is 2.77. The molecule has 4 rings (SSSR count). The van der Waals surface area contributed by atoms with E-state index < -0.39 is 0 Å². The lowest BCUT2D eigenvalue weighted by molar-refractivity contribution is -0.129. The van der Waals surface area contributed by atoms with Crippen molar-refractivity contribution in [1.29, 1.82) is 0 Å². The van der Waals surface area contributed by atoms with Crippen LogP contribution in [0.4, 0.5) is 0 Å². The maximum Gasteiger partial charge on any atom is 0.231 e. The average Bonchev–Trinajstić information content (AvgIpc) is 3.29. The van der Waals surface area contributed by atoms with Crippen LogP contribution in [0, 0.1) is 5.92 Å². The number of amides is 2. The van der Waals surface area contributed by atoms with E-state index in [-0.39, 0.29) is 24.5 Å². The molecular formula is C21H26N2O4. The van der Waals surface area contributed by atoms with E-state index in [2.05, 4.69) is 11.4 Å². The molecule has 1 aromatic rings. The van der Waals surface area contributed by atoms with Gasteiger partial charge in [0, 0.05) is 26.1 Å². The first-order valence-corrected chi connectivity index (χ1v) is 9.81. The molecule has 1 N–H and O–H groups in total. The molecule has 2 amide bonds. The number of nitrogens with one attached hydrogen (secondary N) is 1. The summed E-state index contributed by atoms with van der Waals surface area (Å²) >= 11 is 0. The molecule has 0 spiro atoms. The summed E-state index contributed by atoms with van der Waals surface area (Å²) < 4.78 is 10.7. The molecule has 0 radical (unpaired) electrons. The summed E-state index contributed by atoms with van der Waals surface area (Å²) in [6, 6.07) is 5.70. The van der Waals surface area contributed by atoms with Gasteiger partial charge in [-0.15, -0.1) is 0 Å². The number of hydrogen-bond donors (Lipinski definition) is 1. The first-order chi connectivity index (χ1) is 13.2. The molecule has 1 saturated heterocycles. The summed E-state index contributed by atoms with van der Waals surface area (Å²) in [5.41, 5.74) is 2.44. The van der Waals surface area contributed by atoms with Gasteiger partial charge >= 0.3 is 0 Å². The minimum absolute atomic E-state index is 0.00653. The van der Waals surface area contributed by atoms with Crippen molar-refractivity contribution in [3.05, 3.63) is 35.4 Å². The summed E-state index contributed by atoms with van der Waals surface area (Å²) in [7, 11) is 0. The number of allylic oxidation sites excluding steroid dienone is 1. The highest BCUT2D eigenvalue weighted by Crippen LogP contribution is 2.33. The van der Waals surface area contributed by atoms with Gasteiger partial charge < -0.3 is 19.7 Å². The van der Waals surface area contributed by atoms with Crippen molar-refractivity contribution in [2.45, 2.75) is 45.1 Å². The van der Waals surface area contributed by atoms with Crippen LogP contribution in [0.25, 0.3) is 0 Å². The maximum absolute atomic E-state index is 12.4. The third-order valence-electron chi connectivity index (χ3n) is 5.53. The summed E-state index contributed by atoms with van der Waals surface area (Å²) in [5.74, 6) is 1.21. The van der Waals surface area contributed by atoms with Crippen LogP contribution in [0.3, 0.4) is 0 Å². The molecular weight excluding hydrogens is 344 g/mol.